The van der Waals surface area contributed by atoms with Crippen LogP contribution in [0.3, 0.4) is 0 Å². The molecule has 0 spiro atoms. The lowest BCUT2D eigenvalue weighted by Gasteiger charge is -2.23. The quantitative estimate of drug-likeness (QED) is 0.293. The minimum Gasteiger partial charge on any atom is -0.379 e. The highest BCUT2D eigenvalue weighted by Gasteiger charge is 2.37. The lowest BCUT2D eigenvalue weighted by molar-refractivity contribution is -0.163. The maximum absolute atomic E-state index is 10.9. The van der Waals surface area contributed by atoms with E-state index in [0.29, 0.717) is 26.1 Å². The smallest absolute Gasteiger partial charge is 0.325 e. The highest BCUT2D eigenvalue weighted by atomic mass is 31.2. The zero-order chi connectivity index (χ0) is 19.3. The summed E-state index contributed by atoms with van der Waals surface area (Å²) < 4.78 is 28.1. The highest BCUT2D eigenvalue weighted by molar-refractivity contribution is 7.51. The third kappa shape index (κ3) is 12.4. The summed E-state index contributed by atoms with van der Waals surface area (Å²) in [4.78, 5) is 17.8. The summed E-state index contributed by atoms with van der Waals surface area (Å²) >= 11 is 0. The molecule has 26 heavy (non-hydrogen) atoms. The first-order valence-corrected chi connectivity index (χ1v) is 12.1. The molecule has 0 aromatic heterocycles. The highest BCUT2D eigenvalue weighted by Crippen LogP contribution is 2.37. The fourth-order valence-corrected chi connectivity index (χ4v) is 3.81. The number of hydrogen-bond donors (Lipinski definition) is 2. The third-order valence-corrected chi connectivity index (χ3v) is 5.67. The monoisotopic (exact) mass is 394 g/mol. The molecular formula is C19H39O6P. The van der Waals surface area contributed by atoms with E-state index < -0.39 is 13.4 Å². The van der Waals surface area contributed by atoms with Crippen LogP contribution in [0.25, 0.3) is 0 Å². The number of ether oxygens (including phenoxy) is 3. The molecule has 156 valence electrons. The van der Waals surface area contributed by atoms with Gasteiger partial charge in [-0.05, 0) is 19.8 Å². The number of unbranched alkanes of at least 4 members (excludes halogenated alkanes) is 8. The molecule has 2 atom stereocenters. The lowest BCUT2D eigenvalue weighted by atomic mass is 10.1. The van der Waals surface area contributed by atoms with Crippen LogP contribution in [0.5, 0.6) is 0 Å². The maximum atomic E-state index is 10.9. The minimum atomic E-state index is -3.94. The summed E-state index contributed by atoms with van der Waals surface area (Å²) in [6.45, 7) is 5.82. The molecule has 0 aliphatic carbocycles. The van der Waals surface area contributed by atoms with Gasteiger partial charge < -0.3 is 24.0 Å². The first kappa shape index (κ1) is 24.1. The first-order valence-electron chi connectivity index (χ1n) is 10.3. The average molecular weight is 394 g/mol. The van der Waals surface area contributed by atoms with Crippen molar-refractivity contribution in [2.24, 2.45) is 0 Å². The second-order valence-corrected chi connectivity index (χ2v) is 9.36. The van der Waals surface area contributed by atoms with Gasteiger partial charge in [0.05, 0.1) is 19.4 Å². The van der Waals surface area contributed by atoms with Gasteiger partial charge in [0.25, 0.3) is 0 Å². The van der Waals surface area contributed by atoms with Gasteiger partial charge in [-0.3, -0.25) is 4.57 Å². The van der Waals surface area contributed by atoms with Crippen LogP contribution >= 0.6 is 7.60 Å². The number of hydrogen-bond acceptors (Lipinski definition) is 4. The van der Waals surface area contributed by atoms with Crippen molar-refractivity contribution >= 4 is 7.60 Å². The molecule has 1 aliphatic heterocycles. The predicted octanol–water partition coefficient (Wildman–Crippen LogP) is 4.62. The summed E-state index contributed by atoms with van der Waals surface area (Å²) in [6, 6.07) is 0. The minimum absolute atomic E-state index is 0.0892. The zero-order valence-electron chi connectivity index (χ0n) is 16.7. The van der Waals surface area contributed by atoms with Gasteiger partial charge in [0.15, 0.2) is 5.79 Å². The summed E-state index contributed by atoms with van der Waals surface area (Å²) in [5.74, 6) is -0.749. The van der Waals surface area contributed by atoms with Crippen LogP contribution < -0.4 is 0 Å². The molecule has 2 N–H and O–H groups in total. The van der Waals surface area contributed by atoms with Crippen LogP contribution in [0.15, 0.2) is 0 Å². The Morgan fingerprint density at radius 1 is 1.04 bits per heavy atom. The summed E-state index contributed by atoms with van der Waals surface area (Å²) in [6.07, 6.45) is 12.3. The van der Waals surface area contributed by atoms with E-state index in [9.17, 15) is 4.57 Å². The van der Waals surface area contributed by atoms with E-state index in [1.165, 1.54) is 51.4 Å². The Bertz CT molecular complexity index is 399. The van der Waals surface area contributed by atoms with Crippen molar-refractivity contribution in [3.8, 4) is 0 Å². The van der Waals surface area contributed by atoms with Gasteiger partial charge >= 0.3 is 7.60 Å². The molecule has 0 amide bonds. The Morgan fingerprint density at radius 2 is 1.65 bits per heavy atom. The normalized spacial score (nSPS) is 23.6. The van der Waals surface area contributed by atoms with Crippen LogP contribution in [0.2, 0.25) is 0 Å². The van der Waals surface area contributed by atoms with Crippen LogP contribution in [-0.2, 0) is 18.8 Å². The van der Waals surface area contributed by atoms with Crippen molar-refractivity contribution in [2.75, 3.05) is 26.0 Å². The van der Waals surface area contributed by atoms with Gasteiger partial charge in [0.1, 0.15) is 6.10 Å². The van der Waals surface area contributed by atoms with Crippen LogP contribution in [0, 0.1) is 0 Å². The molecule has 1 aliphatic rings. The Kier molecular flexibility index (Phi) is 12.3. The Hall–Kier alpha value is 0.0300. The first-order chi connectivity index (χ1) is 12.3. The molecule has 6 nitrogen and oxygen atoms in total. The van der Waals surface area contributed by atoms with Gasteiger partial charge in [0.2, 0.25) is 0 Å². The molecular weight excluding hydrogens is 355 g/mol. The second-order valence-electron chi connectivity index (χ2n) is 7.58. The molecule has 0 aromatic carbocycles. The van der Waals surface area contributed by atoms with Gasteiger partial charge in [-0.25, -0.2) is 0 Å². The van der Waals surface area contributed by atoms with Crippen LogP contribution in [0.1, 0.15) is 84.5 Å². The van der Waals surface area contributed by atoms with Crippen molar-refractivity contribution in [1.82, 2.24) is 0 Å². The van der Waals surface area contributed by atoms with E-state index in [1.54, 1.807) is 0 Å². The molecule has 1 rings (SSSR count). The van der Waals surface area contributed by atoms with Gasteiger partial charge in [-0.2, -0.15) is 0 Å². The second kappa shape index (κ2) is 13.2. The van der Waals surface area contributed by atoms with Crippen LogP contribution in [-0.4, -0.2) is 47.7 Å². The molecule has 0 saturated carbocycles. The van der Waals surface area contributed by atoms with E-state index in [-0.39, 0.29) is 12.3 Å². The van der Waals surface area contributed by atoms with Gasteiger partial charge in [0, 0.05) is 13.0 Å². The van der Waals surface area contributed by atoms with E-state index in [2.05, 4.69) is 6.92 Å². The molecule has 0 aromatic rings. The zero-order valence-corrected chi connectivity index (χ0v) is 17.6. The molecule has 1 fully saturated rings. The molecule has 2 unspecified atom stereocenters. The fraction of sp³-hybridized carbons (Fsp3) is 1.00. The van der Waals surface area contributed by atoms with E-state index in [0.717, 1.165) is 13.0 Å². The fourth-order valence-electron chi connectivity index (χ4n) is 3.24. The topological polar surface area (TPSA) is 85.2 Å². The Balaban J connectivity index is 1.95. The average Bonchev–Trinajstić information content (AvgIpc) is 2.93. The molecule has 0 radical (unpaired) electrons. The molecule has 1 saturated heterocycles. The van der Waals surface area contributed by atoms with Crippen molar-refractivity contribution in [3.63, 3.8) is 0 Å². The van der Waals surface area contributed by atoms with Crippen molar-refractivity contribution < 1.29 is 28.6 Å². The van der Waals surface area contributed by atoms with Gasteiger partial charge in [-0.1, -0.05) is 58.3 Å². The van der Waals surface area contributed by atoms with Crippen LogP contribution in [0.4, 0.5) is 0 Å². The van der Waals surface area contributed by atoms with Crippen molar-refractivity contribution in [1.29, 1.82) is 0 Å². The Labute approximate surface area is 159 Å². The van der Waals surface area contributed by atoms with E-state index in [1.807, 2.05) is 6.92 Å². The molecule has 1 heterocycles. The summed E-state index contributed by atoms with van der Waals surface area (Å²) in [5, 5.41) is 0. The SMILES string of the molecule is CCCCCCCCCCCOCC1COC(C)(CCCP(=O)(O)O)O1. The lowest BCUT2D eigenvalue weighted by Crippen LogP contribution is -2.28. The summed E-state index contributed by atoms with van der Waals surface area (Å²) in [7, 11) is -3.94. The number of rotatable bonds is 16. The Morgan fingerprint density at radius 3 is 2.27 bits per heavy atom. The largest absolute Gasteiger partial charge is 0.379 e. The summed E-state index contributed by atoms with van der Waals surface area (Å²) in [5.41, 5.74) is 0. The molecule has 7 heteroatoms. The van der Waals surface area contributed by atoms with Crippen molar-refractivity contribution in [2.45, 2.75) is 96.4 Å². The third-order valence-electron chi connectivity index (χ3n) is 4.77. The predicted molar refractivity (Wildman–Crippen MR) is 103 cm³/mol. The standard InChI is InChI=1S/C19H39O6P/c1-3-4-5-6-7-8-9-10-11-14-23-16-18-17-24-19(2,25-18)13-12-15-26(20,21)22/h18H,3-17H2,1-2H3,(H2,20,21,22). The maximum Gasteiger partial charge on any atom is 0.325 e. The van der Waals surface area contributed by atoms with Crippen molar-refractivity contribution in [3.05, 3.63) is 0 Å². The van der Waals surface area contributed by atoms with E-state index in [4.69, 9.17) is 24.0 Å². The molecule has 0 bridgehead atoms. The van der Waals surface area contributed by atoms with Gasteiger partial charge in [-0.15, -0.1) is 0 Å². The van der Waals surface area contributed by atoms with E-state index >= 15 is 0 Å².